The molecule has 1 aromatic carbocycles. The van der Waals surface area contributed by atoms with Crippen molar-refractivity contribution in [1.29, 1.82) is 0 Å². The lowest BCUT2D eigenvalue weighted by atomic mass is 10.3. The van der Waals surface area contributed by atoms with E-state index >= 15 is 0 Å². The van der Waals surface area contributed by atoms with Crippen molar-refractivity contribution >= 4 is 6.09 Å². The number of nitrogens with zero attached hydrogens (tertiary/aromatic N) is 1. The van der Waals surface area contributed by atoms with Crippen LogP contribution in [0.1, 0.15) is 6.42 Å². The average Bonchev–Trinajstić information content (AvgIpc) is 2.77. The third-order valence-electron chi connectivity index (χ3n) is 2.91. The fourth-order valence-electron chi connectivity index (χ4n) is 1.87. The number of amides is 1. The second-order valence-corrected chi connectivity index (χ2v) is 4.26. The van der Waals surface area contributed by atoms with Crippen LogP contribution < -0.4 is 4.74 Å². The lowest BCUT2D eigenvalue weighted by Gasteiger charge is -2.19. The van der Waals surface area contributed by atoms with Gasteiger partial charge in [0.15, 0.2) is 0 Å². The molecule has 2 rings (SSSR count). The van der Waals surface area contributed by atoms with Gasteiger partial charge in [0.25, 0.3) is 0 Å². The van der Waals surface area contributed by atoms with Crippen molar-refractivity contribution in [1.82, 2.24) is 4.90 Å². The second-order valence-electron chi connectivity index (χ2n) is 4.26. The van der Waals surface area contributed by atoms with Gasteiger partial charge >= 0.3 is 6.09 Å². The Morgan fingerprint density at radius 1 is 1.42 bits per heavy atom. The predicted molar refractivity (Wildman–Crippen MR) is 65.4 cm³/mol. The average molecular weight is 269 g/mol. The number of hydrogen-bond donors (Lipinski definition) is 1. The van der Waals surface area contributed by atoms with Gasteiger partial charge in [-0.25, -0.2) is 9.18 Å². The minimum Gasteiger partial charge on any atom is -0.494 e. The number of ether oxygens (including phenoxy) is 2. The number of carbonyl (C=O) groups is 1. The van der Waals surface area contributed by atoms with Gasteiger partial charge in [0.05, 0.1) is 19.3 Å². The lowest BCUT2D eigenvalue weighted by molar-refractivity contribution is 0.149. The highest BCUT2D eigenvalue weighted by atomic mass is 19.1. The molecule has 1 N–H and O–H groups in total. The van der Waals surface area contributed by atoms with Gasteiger partial charge in [-0.1, -0.05) is 0 Å². The summed E-state index contributed by atoms with van der Waals surface area (Å²) in [5.41, 5.74) is 0. The molecular weight excluding hydrogens is 253 g/mol. The highest BCUT2D eigenvalue weighted by molar-refractivity contribution is 5.70. The van der Waals surface area contributed by atoms with E-state index in [4.69, 9.17) is 14.6 Å². The van der Waals surface area contributed by atoms with E-state index in [2.05, 4.69) is 0 Å². The van der Waals surface area contributed by atoms with Crippen LogP contribution in [0.25, 0.3) is 0 Å². The summed E-state index contributed by atoms with van der Waals surface area (Å²) in [5.74, 6) is 0.280. The maximum atomic E-state index is 12.7. The molecule has 0 radical (unpaired) electrons. The lowest BCUT2D eigenvalue weighted by Crippen LogP contribution is -2.37. The third kappa shape index (κ3) is 3.57. The molecule has 1 amide bonds. The quantitative estimate of drug-likeness (QED) is 0.793. The first-order valence-electron chi connectivity index (χ1n) is 6.13. The van der Waals surface area contributed by atoms with Gasteiger partial charge in [0.2, 0.25) is 0 Å². The number of aliphatic hydroxyl groups excluding tert-OH is 1. The van der Waals surface area contributed by atoms with Gasteiger partial charge in [0, 0.05) is 6.54 Å². The Morgan fingerprint density at radius 3 is 2.84 bits per heavy atom. The first-order valence-corrected chi connectivity index (χ1v) is 6.13. The Balaban J connectivity index is 1.71. The number of benzene rings is 1. The van der Waals surface area contributed by atoms with Crippen LogP contribution in [0.2, 0.25) is 0 Å². The van der Waals surface area contributed by atoms with Gasteiger partial charge in [-0.3, -0.25) is 4.90 Å². The van der Waals surface area contributed by atoms with E-state index in [1.165, 1.54) is 17.0 Å². The Labute approximate surface area is 110 Å². The molecule has 1 heterocycles. The second kappa shape index (κ2) is 6.38. The molecule has 0 bridgehead atoms. The number of hydrogen-bond acceptors (Lipinski definition) is 4. The van der Waals surface area contributed by atoms with Crippen molar-refractivity contribution in [2.75, 3.05) is 26.4 Å². The van der Waals surface area contributed by atoms with Crippen molar-refractivity contribution in [2.45, 2.75) is 12.5 Å². The van der Waals surface area contributed by atoms with E-state index in [1.54, 1.807) is 12.1 Å². The smallest absolute Gasteiger partial charge is 0.410 e. The molecule has 1 fully saturated rings. The largest absolute Gasteiger partial charge is 0.494 e. The van der Waals surface area contributed by atoms with E-state index in [0.717, 1.165) is 0 Å². The molecule has 0 aromatic heterocycles. The van der Waals surface area contributed by atoms with Crippen molar-refractivity contribution in [3.8, 4) is 5.75 Å². The van der Waals surface area contributed by atoms with E-state index in [0.29, 0.717) is 25.3 Å². The first-order chi connectivity index (χ1) is 9.20. The van der Waals surface area contributed by atoms with Crippen molar-refractivity contribution in [3.05, 3.63) is 30.1 Å². The summed E-state index contributed by atoms with van der Waals surface area (Å²) in [5, 5.41) is 9.07. The van der Waals surface area contributed by atoms with E-state index in [1.807, 2.05) is 0 Å². The molecule has 1 atom stereocenters. The van der Waals surface area contributed by atoms with E-state index in [9.17, 15) is 9.18 Å². The Hall–Kier alpha value is -1.82. The van der Waals surface area contributed by atoms with Gasteiger partial charge in [-0.05, 0) is 30.7 Å². The zero-order chi connectivity index (χ0) is 13.7. The molecule has 1 saturated heterocycles. The Morgan fingerprint density at radius 2 is 2.16 bits per heavy atom. The van der Waals surface area contributed by atoms with E-state index in [-0.39, 0.29) is 25.1 Å². The van der Waals surface area contributed by atoms with Gasteiger partial charge < -0.3 is 14.6 Å². The van der Waals surface area contributed by atoms with Crippen LogP contribution in [-0.2, 0) is 4.74 Å². The number of aliphatic hydroxyl groups is 1. The van der Waals surface area contributed by atoms with Crippen molar-refractivity contribution in [3.63, 3.8) is 0 Å². The molecule has 6 heteroatoms. The highest BCUT2D eigenvalue weighted by Gasteiger charge is 2.31. The Kier molecular flexibility index (Phi) is 4.57. The van der Waals surface area contributed by atoms with Crippen molar-refractivity contribution in [2.24, 2.45) is 0 Å². The predicted octanol–water partition coefficient (Wildman–Crippen LogP) is 1.41. The normalized spacial score (nSPS) is 18.5. The van der Waals surface area contributed by atoms with Crippen LogP contribution in [0.4, 0.5) is 9.18 Å². The molecule has 1 unspecified atom stereocenters. The van der Waals surface area contributed by atoms with Crippen LogP contribution in [0.3, 0.4) is 0 Å². The minimum absolute atomic E-state index is 0.107. The molecule has 5 nitrogen and oxygen atoms in total. The van der Waals surface area contributed by atoms with Crippen LogP contribution in [0.5, 0.6) is 5.75 Å². The molecule has 0 saturated carbocycles. The topological polar surface area (TPSA) is 59.0 Å². The maximum absolute atomic E-state index is 12.7. The number of halogens is 1. The van der Waals surface area contributed by atoms with Crippen LogP contribution in [0.15, 0.2) is 24.3 Å². The number of rotatable bonds is 6. The van der Waals surface area contributed by atoms with Crippen LogP contribution in [0, 0.1) is 5.82 Å². The summed E-state index contributed by atoms with van der Waals surface area (Å²) in [6, 6.07) is 5.49. The Bertz CT molecular complexity index is 423. The fraction of sp³-hybridized carbons (Fsp3) is 0.462. The summed E-state index contributed by atoms with van der Waals surface area (Å²) in [4.78, 5) is 12.8. The molecule has 19 heavy (non-hydrogen) atoms. The zero-order valence-corrected chi connectivity index (χ0v) is 10.4. The van der Waals surface area contributed by atoms with Crippen LogP contribution in [-0.4, -0.2) is 48.5 Å². The highest BCUT2D eigenvalue weighted by Crippen LogP contribution is 2.14. The molecule has 1 aromatic rings. The monoisotopic (exact) mass is 269 g/mol. The maximum Gasteiger partial charge on any atom is 0.410 e. The zero-order valence-electron chi connectivity index (χ0n) is 10.4. The summed E-state index contributed by atoms with van der Waals surface area (Å²) in [6.45, 7) is 0.998. The molecular formula is C13H16FNO4. The van der Waals surface area contributed by atoms with Crippen molar-refractivity contribution < 1.29 is 23.8 Å². The van der Waals surface area contributed by atoms with Crippen LogP contribution >= 0.6 is 0 Å². The molecule has 0 spiro atoms. The summed E-state index contributed by atoms with van der Waals surface area (Å²) < 4.78 is 22.9. The fourth-order valence-corrected chi connectivity index (χ4v) is 1.87. The summed E-state index contributed by atoms with van der Waals surface area (Å²) >= 11 is 0. The van der Waals surface area contributed by atoms with Gasteiger partial charge in [-0.15, -0.1) is 0 Å². The molecule has 1 aliphatic rings. The van der Waals surface area contributed by atoms with Gasteiger partial charge in [0.1, 0.15) is 18.2 Å². The number of cyclic esters (lactones) is 1. The SMILES string of the molecule is O=C1OCC(CO)N1CCCOc1ccc(F)cc1. The standard InChI is InChI=1S/C13H16FNO4/c14-10-2-4-12(5-3-10)18-7-1-6-15-11(8-16)9-19-13(15)17/h2-5,11,16H,1,6-9H2. The number of carbonyl (C=O) groups excluding carboxylic acids is 1. The molecule has 1 aliphatic heterocycles. The minimum atomic E-state index is -0.402. The molecule has 104 valence electrons. The third-order valence-corrected chi connectivity index (χ3v) is 2.91. The van der Waals surface area contributed by atoms with Gasteiger partial charge in [-0.2, -0.15) is 0 Å². The first kappa shape index (κ1) is 13.6. The molecule has 0 aliphatic carbocycles. The van der Waals surface area contributed by atoms with E-state index < -0.39 is 6.09 Å². The summed E-state index contributed by atoms with van der Waals surface area (Å²) in [7, 11) is 0. The summed E-state index contributed by atoms with van der Waals surface area (Å²) in [6.07, 6.45) is 0.212.